The number of nitrogens with zero attached hydrogens (tertiary/aromatic N) is 1. The average molecular weight is 285 g/mol. The maximum atomic E-state index is 12.0. The molecule has 1 fully saturated rings. The number of ketones is 2. The Morgan fingerprint density at radius 3 is 2.40 bits per heavy atom. The first-order valence-electron chi connectivity index (χ1n) is 6.53. The highest BCUT2D eigenvalue weighted by Crippen LogP contribution is 2.41. The van der Waals surface area contributed by atoms with E-state index in [0.29, 0.717) is 18.4 Å². The van der Waals surface area contributed by atoms with Gasteiger partial charge in [-0.05, 0) is 18.4 Å². The van der Waals surface area contributed by atoms with Crippen LogP contribution in [0.5, 0.6) is 0 Å². The number of carbonyl (C=O) groups excluding carboxylic acids is 2. The minimum atomic E-state index is -0.0268. The van der Waals surface area contributed by atoms with Gasteiger partial charge in [-0.2, -0.15) is 0 Å². The van der Waals surface area contributed by atoms with E-state index in [9.17, 15) is 9.59 Å². The Hall–Kier alpha value is -1.81. The van der Waals surface area contributed by atoms with Crippen molar-refractivity contribution in [3.05, 3.63) is 46.5 Å². The van der Waals surface area contributed by atoms with E-state index in [2.05, 4.69) is 4.90 Å². The van der Waals surface area contributed by atoms with Crippen molar-refractivity contribution in [1.82, 2.24) is 0 Å². The monoisotopic (exact) mass is 285 g/mol. The summed E-state index contributed by atoms with van der Waals surface area (Å²) in [5.41, 5.74) is 3.17. The Labute approximate surface area is 122 Å². The second kappa shape index (κ2) is 4.94. The first-order chi connectivity index (χ1) is 9.63. The second-order valence-electron chi connectivity index (χ2n) is 4.90. The minimum absolute atomic E-state index is 0.0268. The number of para-hydroxylation sites is 1. The average Bonchev–Trinajstić information content (AvgIpc) is 2.79. The van der Waals surface area contributed by atoms with Gasteiger partial charge >= 0.3 is 0 Å². The highest BCUT2D eigenvalue weighted by atomic mass is 32.2. The van der Waals surface area contributed by atoms with E-state index in [-0.39, 0.29) is 11.6 Å². The van der Waals surface area contributed by atoms with Crippen molar-refractivity contribution in [2.45, 2.75) is 12.8 Å². The Morgan fingerprint density at radius 1 is 1.10 bits per heavy atom. The molecule has 1 heterocycles. The van der Waals surface area contributed by atoms with Crippen LogP contribution in [0.1, 0.15) is 18.4 Å². The van der Waals surface area contributed by atoms with E-state index in [1.54, 1.807) is 11.8 Å². The molecule has 0 N–H and O–H groups in total. The fourth-order valence-electron chi connectivity index (χ4n) is 2.75. The summed E-state index contributed by atoms with van der Waals surface area (Å²) in [4.78, 5) is 26.2. The van der Waals surface area contributed by atoms with Gasteiger partial charge in [0.2, 0.25) is 0 Å². The number of hydrogen-bond donors (Lipinski definition) is 0. The molecule has 3 nitrogen and oxygen atoms in total. The molecule has 0 radical (unpaired) electrons. The molecule has 1 aromatic carbocycles. The fraction of sp³-hybridized carbons (Fsp3) is 0.250. The Morgan fingerprint density at radius 2 is 1.75 bits per heavy atom. The van der Waals surface area contributed by atoms with Crippen LogP contribution < -0.4 is 4.90 Å². The minimum Gasteiger partial charge on any atom is -0.339 e. The molecule has 20 heavy (non-hydrogen) atoms. The van der Waals surface area contributed by atoms with Gasteiger partial charge in [0.05, 0.1) is 10.6 Å². The summed E-state index contributed by atoms with van der Waals surface area (Å²) in [5.74, 6) is -0.0536. The van der Waals surface area contributed by atoms with Gasteiger partial charge in [0.25, 0.3) is 0 Å². The summed E-state index contributed by atoms with van der Waals surface area (Å²) < 4.78 is 0. The molecule has 4 heteroatoms. The van der Waals surface area contributed by atoms with Gasteiger partial charge in [-0.15, -0.1) is 11.8 Å². The molecule has 1 aliphatic heterocycles. The van der Waals surface area contributed by atoms with Crippen LogP contribution in [-0.2, 0) is 9.59 Å². The van der Waals surface area contributed by atoms with Gasteiger partial charge in [-0.3, -0.25) is 9.59 Å². The van der Waals surface area contributed by atoms with Crippen molar-refractivity contribution in [3.63, 3.8) is 0 Å². The standard InChI is InChI=1S/C16H15NO2S/c1-17-12-6-4-3-5-10(12)11(9-15(17)20-2)16-13(18)7-8-14(16)19/h3-6,9H,7-8H2,1-2H3. The summed E-state index contributed by atoms with van der Waals surface area (Å²) in [6, 6.07) is 7.90. The lowest BCUT2D eigenvalue weighted by Gasteiger charge is -2.29. The largest absolute Gasteiger partial charge is 0.339 e. The van der Waals surface area contributed by atoms with Crippen molar-refractivity contribution in [2.75, 3.05) is 18.2 Å². The summed E-state index contributed by atoms with van der Waals surface area (Å²) in [6.07, 6.45) is 4.65. The number of anilines is 1. The van der Waals surface area contributed by atoms with Crippen LogP contribution in [0.3, 0.4) is 0 Å². The molecular formula is C16H15NO2S. The van der Waals surface area contributed by atoms with Crippen LogP contribution >= 0.6 is 11.8 Å². The zero-order valence-corrected chi connectivity index (χ0v) is 12.3. The summed E-state index contributed by atoms with van der Waals surface area (Å²) in [7, 11) is 2.00. The third-order valence-electron chi connectivity index (χ3n) is 3.77. The predicted molar refractivity (Wildman–Crippen MR) is 82.6 cm³/mol. The SMILES string of the molecule is CSC1=CC(=C2C(=O)CCC2=O)c2ccccc2N1C. The molecule has 0 saturated heterocycles. The Kier molecular flexibility index (Phi) is 3.26. The lowest BCUT2D eigenvalue weighted by atomic mass is 9.94. The molecule has 1 aromatic rings. The quantitative estimate of drug-likeness (QED) is 0.587. The van der Waals surface area contributed by atoms with Gasteiger partial charge < -0.3 is 4.90 Å². The maximum Gasteiger partial charge on any atom is 0.167 e. The van der Waals surface area contributed by atoms with Gasteiger partial charge in [0, 0.05) is 36.7 Å². The molecule has 2 aliphatic rings. The maximum absolute atomic E-state index is 12.0. The topological polar surface area (TPSA) is 37.4 Å². The van der Waals surface area contributed by atoms with Gasteiger partial charge in [0.15, 0.2) is 11.6 Å². The first kappa shape index (κ1) is 13.2. The highest BCUT2D eigenvalue weighted by Gasteiger charge is 2.32. The molecule has 102 valence electrons. The Balaban J connectivity index is 2.29. The van der Waals surface area contributed by atoms with Crippen molar-refractivity contribution in [3.8, 4) is 0 Å². The predicted octanol–water partition coefficient (Wildman–Crippen LogP) is 3.03. The van der Waals surface area contributed by atoms with Crippen molar-refractivity contribution >= 4 is 34.6 Å². The highest BCUT2D eigenvalue weighted by molar-refractivity contribution is 8.02. The van der Waals surface area contributed by atoms with E-state index in [4.69, 9.17) is 0 Å². The van der Waals surface area contributed by atoms with E-state index in [1.807, 2.05) is 43.6 Å². The zero-order chi connectivity index (χ0) is 14.3. The van der Waals surface area contributed by atoms with E-state index in [0.717, 1.165) is 21.9 Å². The molecular weight excluding hydrogens is 270 g/mol. The summed E-state index contributed by atoms with van der Waals surface area (Å²) in [6.45, 7) is 0. The Bertz CT molecular complexity index is 655. The number of fused-ring (bicyclic) bond motifs is 1. The number of Topliss-reactive ketones (excluding diaryl/α,β-unsaturated/α-hetero) is 2. The van der Waals surface area contributed by atoms with E-state index < -0.39 is 0 Å². The van der Waals surface area contributed by atoms with Crippen molar-refractivity contribution in [2.24, 2.45) is 0 Å². The van der Waals surface area contributed by atoms with Gasteiger partial charge in [0.1, 0.15) is 0 Å². The van der Waals surface area contributed by atoms with Gasteiger partial charge in [-0.25, -0.2) is 0 Å². The van der Waals surface area contributed by atoms with Gasteiger partial charge in [-0.1, -0.05) is 18.2 Å². The zero-order valence-electron chi connectivity index (χ0n) is 11.5. The number of allylic oxidation sites excluding steroid dienone is 3. The van der Waals surface area contributed by atoms with Crippen LogP contribution in [0.15, 0.2) is 40.9 Å². The normalized spacial score (nSPS) is 18.5. The number of rotatable bonds is 1. The molecule has 0 spiro atoms. The van der Waals surface area contributed by atoms with Crippen molar-refractivity contribution < 1.29 is 9.59 Å². The van der Waals surface area contributed by atoms with E-state index in [1.165, 1.54) is 0 Å². The second-order valence-corrected chi connectivity index (χ2v) is 5.72. The van der Waals surface area contributed by atoms with Crippen LogP contribution in [0.4, 0.5) is 5.69 Å². The summed E-state index contributed by atoms with van der Waals surface area (Å²) in [5, 5.41) is 1.04. The van der Waals surface area contributed by atoms with Crippen LogP contribution in [0, 0.1) is 0 Å². The molecule has 0 amide bonds. The lowest BCUT2D eigenvalue weighted by Crippen LogP contribution is -2.20. The smallest absolute Gasteiger partial charge is 0.167 e. The molecule has 0 aromatic heterocycles. The van der Waals surface area contributed by atoms with Crippen LogP contribution in [0.2, 0.25) is 0 Å². The first-order valence-corrected chi connectivity index (χ1v) is 7.75. The number of carbonyl (C=O) groups is 2. The van der Waals surface area contributed by atoms with Crippen molar-refractivity contribution in [1.29, 1.82) is 0 Å². The summed E-state index contributed by atoms with van der Waals surface area (Å²) >= 11 is 1.61. The molecule has 0 bridgehead atoms. The molecule has 0 atom stereocenters. The molecule has 1 saturated carbocycles. The number of thioether (sulfide) groups is 1. The molecule has 1 aliphatic carbocycles. The third-order valence-corrected chi connectivity index (χ3v) is 4.58. The number of hydrogen-bond acceptors (Lipinski definition) is 4. The fourth-order valence-corrected chi connectivity index (χ4v) is 3.35. The number of benzene rings is 1. The molecule has 0 unspecified atom stereocenters. The van der Waals surface area contributed by atoms with Crippen LogP contribution in [-0.4, -0.2) is 24.9 Å². The van der Waals surface area contributed by atoms with Crippen LogP contribution in [0.25, 0.3) is 5.57 Å². The lowest BCUT2D eigenvalue weighted by molar-refractivity contribution is -0.116. The third kappa shape index (κ3) is 1.91. The molecule has 3 rings (SSSR count). The van der Waals surface area contributed by atoms with E-state index >= 15 is 0 Å².